The highest BCUT2D eigenvalue weighted by molar-refractivity contribution is 6.02. The van der Waals surface area contributed by atoms with Crippen LogP contribution in [-0.4, -0.2) is 46.8 Å². The van der Waals surface area contributed by atoms with Crippen LogP contribution in [0.2, 0.25) is 0 Å². The van der Waals surface area contributed by atoms with Gasteiger partial charge in [-0.15, -0.1) is 0 Å². The standard InChI is InChI=1S/C35H37F2N5/c1-35(2,3)28-13-7-24(8-14-28)23-41-17-19-42(20-18-41)34-38-21-27(22-39-34)25-9-11-26(12-10-25)31-15-16-32(40-31)33-29(36)5-4-6-30(33)37/h4-14,21-22,31H,15-20,23H2,1-3H3. The van der Waals surface area contributed by atoms with Gasteiger partial charge in [0.2, 0.25) is 5.95 Å². The third-order valence-electron chi connectivity index (χ3n) is 8.37. The molecule has 1 unspecified atom stereocenters. The van der Waals surface area contributed by atoms with Gasteiger partial charge in [-0.05, 0) is 52.6 Å². The molecular formula is C35H37F2N5. The van der Waals surface area contributed by atoms with Crippen molar-refractivity contribution in [2.75, 3.05) is 31.1 Å². The van der Waals surface area contributed by atoms with E-state index in [0.29, 0.717) is 12.1 Å². The van der Waals surface area contributed by atoms with Gasteiger partial charge in [0.25, 0.3) is 0 Å². The second-order valence-corrected chi connectivity index (χ2v) is 12.3. The predicted octanol–water partition coefficient (Wildman–Crippen LogP) is 7.37. The third-order valence-corrected chi connectivity index (χ3v) is 8.37. The smallest absolute Gasteiger partial charge is 0.225 e. The largest absolute Gasteiger partial charge is 0.338 e. The molecule has 6 rings (SSSR count). The highest BCUT2D eigenvalue weighted by atomic mass is 19.1. The number of aromatic nitrogens is 2. The van der Waals surface area contributed by atoms with Crippen LogP contribution in [0.15, 0.2) is 84.1 Å². The van der Waals surface area contributed by atoms with Gasteiger partial charge in [0.15, 0.2) is 0 Å². The first-order chi connectivity index (χ1) is 20.2. The van der Waals surface area contributed by atoms with Crippen molar-refractivity contribution in [3.05, 3.63) is 113 Å². The van der Waals surface area contributed by atoms with Gasteiger partial charge in [0.1, 0.15) is 11.6 Å². The Bertz CT molecular complexity index is 1530. The highest BCUT2D eigenvalue weighted by Crippen LogP contribution is 2.33. The minimum absolute atomic E-state index is 0.00108. The summed E-state index contributed by atoms with van der Waals surface area (Å²) in [6.07, 6.45) is 5.05. The van der Waals surface area contributed by atoms with Gasteiger partial charge in [-0.25, -0.2) is 18.7 Å². The van der Waals surface area contributed by atoms with Crippen LogP contribution < -0.4 is 4.90 Å². The molecule has 0 amide bonds. The summed E-state index contributed by atoms with van der Waals surface area (Å²) >= 11 is 0. The topological polar surface area (TPSA) is 44.6 Å². The molecule has 0 aliphatic carbocycles. The average Bonchev–Trinajstić information content (AvgIpc) is 3.47. The van der Waals surface area contributed by atoms with Crippen molar-refractivity contribution in [2.24, 2.45) is 4.99 Å². The monoisotopic (exact) mass is 565 g/mol. The van der Waals surface area contributed by atoms with Gasteiger partial charge in [0, 0.05) is 56.4 Å². The Labute approximate surface area is 247 Å². The van der Waals surface area contributed by atoms with Gasteiger partial charge < -0.3 is 4.90 Å². The molecule has 1 saturated heterocycles. The lowest BCUT2D eigenvalue weighted by Gasteiger charge is -2.34. The molecule has 0 spiro atoms. The van der Waals surface area contributed by atoms with Crippen molar-refractivity contribution in [1.29, 1.82) is 0 Å². The summed E-state index contributed by atoms with van der Waals surface area (Å²) < 4.78 is 28.4. The van der Waals surface area contributed by atoms with Crippen LogP contribution in [0.25, 0.3) is 11.1 Å². The third kappa shape index (κ3) is 6.12. The maximum atomic E-state index is 14.2. The van der Waals surface area contributed by atoms with E-state index in [0.717, 1.165) is 61.8 Å². The van der Waals surface area contributed by atoms with Crippen LogP contribution in [0, 0.1) is 11.6 Å². The summed E-state index contributed by atoms with van der Waals surface area (Å²) in [7, 11) is 0. The number of aliphatic imine (C=N–C) groups is 1. The van der Waals surface area contributed by atoms with Crippen LogP contribution in [0.3, 0.4) is 0 Å². The zero-order valence-electron chi connectivity index (χ0n) is 24.5. The Morgan fingerprint density at radius 3 is 2.05 bits per heavy atom. The molecule has 5 nitrogen and oxygen atoms in total. The molecule has 0 N–H and O–H groups in total. The van der Waals surface area contributed by atoms with Crippen molar-refractivity contribution >= 4 is 11.7 Å². The maximum absolute atomic E-state index is 14.2. The Balaban J connectivity index is 1.04. The van der Waals surface area contributed by atoms with Gasteiger partial charge in [-0.2, -0.15) is 0 Å². The molecular weight excluding hydrogens is 528 g/mol. The summed E-state index contributed by atoms with van der Waals surface area (Å²) in [5, 5.41) is 0. The van der Waals surface area contributed by atoms with Crippen LogP contribution in [0.4, 0.5) is 14.7 Å². The van der Waals surface area contributed by atoms with E-state index in [4.69, 9.17) is 0 Å². The zero-order valence-corrected chi connectivity index (χ0v) is 24.5. The summed E-state index contributed by atoms with van der Waals surface area (Å²) in [6, 6.07) is 21.0. The lowest BCUT2D eigenvalue weighted by atomic mass is 9.87. The maximum Gasteiger partial charge on any atom is 0.225 e. The van der Waals surface area contributed by atoms with E-state index in [9.17, 15) is 8.78 Å². The first-order valence-electron chi connectivity index (χ1n) is 14.7. The van der Waals surface area contributed by atoms with E-state index in [1.54, 1.807) is 0 Å². The number of anilines is 1. The first-order valence-corrected chi connectivity index (χ1v) is 14.7. The SMILES string of the molecule is CC(C)(C)c1ccc(CN2CCN(c3ncc(-c4ccc(C5CCC(c6c(F)cccc6F)=N5)cc4)cn3)CC2)cc1. The number of nitrogens with zero attached hydrogens (tertiary/aromatic N) is 5. The normalized spacial score (nSPS) is 17.9. The van der Waals surface area contributed by atoms with Crippen LogP contribution >= 0.6 is 0 Å². The molecule has 2 aliphatic heterocycles. The summed E-state index contributed by atoms with van der Waals surface area (Å²) in [5.41, 5.74) is 6.39. The van der Waals surface area contributed by atoms with E-state index >= 15 is 0 Å². The quantitative estimate of drug-likeness (QED) is 0.245. The number of piperazine rings is 1. The average molecular weight is 566 g/mol. The molecule has 4 aromatic rings. The van der Waals surface area contributed by atoms with Crippen molar-refractivity contribution in [2.45, 2.75) is 51.6 Å². The molecule has 0 bridgehead atoms. The summed E-state index contributed by atoms with van der Waals surface area (Å²) in [5.74, 6) is -0.355. The summed E-state index contributed by atoms with van der Waals surface area (Å²) in [6.45, 7) is 11.4. The van der Waals surface area contributed by atoms with E-state index in [1.807, 2.05) is 36.7 Å². The Hall–Kier alpha value is -3.97. The number of benzene rings is 3. The molecule has 2 aliphatic rings. The molecule has 3 aromatic carbocycles. The fourth-order valence-corrected chi connectivity index (χ4v) is 5.80. The molecule has 7 heteroatoms. The van der Waals surface area contributed by atoms with Gasteiger partial charge in [0.05, 0.1) is 11.6 Å². The van der Waals surface area contributed by atoms with Gasteiger partial charge >= 0.3 is 0 Å². The molecule has 216 valence electrons. The van der Waals surface area contributed by atoms with Crippen LogP contribution in [0.1, 0.15) is 61.9 Å². The number of hydrogen-bond acceptors (Lipinski definition) is 5. The lowest BCUT2D eigenvalue weighted by Crippen LogP contribution is -2.46. The molecule has 0 radical (unpaired) electrons. The first kappa shape index (κ1) is 28.2. The molecule has 1 atom stereocenters. The fourth-order valence-electron chi connectivity index (χ4n) is 5.80. The van der Waals surface area contributed by atoms with Gasteiger partial charge in [-0.3, -0.25) is 9.89 Å². The Morgan fingerprint density at radius 2 is 1.43 bits per heavy atom. The minimum atomic E-state index is -0.558. The number of halogens is 2. The Morgan fingerprint density at radius 1 is 0.786 bits per heavy atom. The number of hydrogen-bond donors (Lipinski definition) is 0. The molecule has 42 heavy (non-hydrogen) atoms. The second kappa shape index (κ2) is 11.7. The highest BCUT2D eigenvalue weighted by Gasteiger charge is 2.25. The molecule has 0 saturated carbocycles. The molecule has 1 aromatic heterocycles. The second-order valence-electron chi connectivity index (χ2n) is 12.3. The van der Waals surface area contributed by atoms with Crippen molar-refractivity contribution in [3.8, 4) is 11.1 Å². The van der Waals surface area contributed by atoms with E-state index in [2.05, 4.69) is 69.8 Å². The zero-order chi connectivity index (χ0) is 29.3. The van der Waals surface area contributed by atoms with Crippen LogP contribution in [0.5, 0.6) is 0 Å². The molecule has 3 heterocycles. The van der Waals surface area contributed by atoms with Crippen molar-refractivity contribution < 1.29 is 8.78 Å². The van der Waals surface area contributed by atoms with Crippen LogP contribution in [-0.2, 0) is 12.0 Å². The Kier molecular flexibility index (Phi) is 7.86. The van der Waals surface area contributed by atoms with E-state index < -0.39 is 11.6 Å². The number of rotatable bonds is 6. The molecule has 1 fully saturated rings. The lowest BCUT2D eigenvalue weighted by molar-refractivity contribution is 0.248. The van der Waals surface area contributed by atoms with E-state index in [-0.39, 0.29) is 17.0 Å². The minimum Gasteiger partial charge on any atom is -0.338 e. The predicted molar refractivity (Wildman–Crippen MR) is 165 cm³/mol. The van der Waals surface area contributed by atoms with Crippen molar-refractivity contribution in [1.82, 2.24) is 14.9 Å². The van der Waals surface area contributed by atoms with E-state index in [1.165, 1.54) is 29.3 Å². The van der Waals surface area contributed by atoms with Crippen molar-refractivity contribution in [3.63, 3.8) is 0 Å². The summed E-state index contributed by atoms with van der Waals surface area (Å²) in [4.78, 5) is 18.8. The van der Waals surface area contributed by atoms with Gasteiger partial charge in [-0.1, -0.05) is 75.4 Å². The fraction of sp³-hybridized carbons (Fsp3) is 0.343.